The van der Waals surface area contributed by atoms with Crippen molar-refractivity contribution in [3.63, 3.8) is 0 Å². The van der Waals surface area contributed by atoms with Crippen LogP contribution >= 0.6 is 11.8 Å². The second kappa shape index (κ2) is 7.09. The summed E-state index contributed by atoms with van der Waals surface area (Å²) in [7, 11) is 0. The number of imidazole rings is 1. The zero-order valence-corrected chi connectivity index (χ0v) is 14.9. The van der Waals surface area contributed by atoms with Crippen LogP contribution in [0.25, 0.3) is 11.0 Å². The molecule has 1 aromatic heterocycles. The molecule has 2 aromatic carbocycles. The molecule has 0 aliphatic heterocycles. The number of carbonyl (C=O) groups is 1. The number of carbonyl (C=O) groups excluding carboxylic acids is 1. The quantitative estimate of drug-likeness (QED) is 0.687. The van der Waals surface area contributed by atoms with Crippen LogP contribution in [-0.4, -0.2) is 21.6 Å². The van der Waals surface area contributed by atoms with Crippen LogP contribution in [-0.2, 0) is 4.79 Å². The highest BCUT2D eigenvalue weighted by atomic mass is 32.2. The van der Waals surface area contributed by atoms with Gasteiger partial charge in [0.2, 0.25) is 5.91 Å². The van der Waals surface area contributed by atoms with Gasteiger partial charge in [0.1, 0.15) is 0 Å². The second-order valence-corrected chi connectivity index (χ2v) is 6.94. The van der Waals surface area contributed by atoms with Crippen molar-refractivity contribution in [1.82, 2.24) is 15.3 Å². The fraction of sp³-hybridized carbons (Fsp3) is 0.263. The highest BCUT2D eigenvalue weighted by Gasteiger charge is 2.12. The average molecular weight is 339 g/mol. The highest BCUT2D eigenvalue weighted by molar-refractivity contribution is 7.99. The molecule has 1 amide bonds. The first kappa shape index (κ1) is 16.6. The number of benzene rings is 2. The number of amides is 1. The van der Waals surface area contributed by atoms with Gasteiger partial charge in [0.05, 0.1) is 22.8 Å². The van der Waals surface area contributed by atoms with Crippen LogP contribution in [0.5, 0.6) is 0 Å². The maximum Gasteiger partial charge on any atom is 0.230 e. The Hall–Kier alpha value is -2.27. The van der Waals surface area contributed by atoms with E-state index in [0.717, 1.165) is 21.8 Å². The van der Waals surface area contributed by atoms with Gasteiger partial charge in [-0.1, -0.05) is 42.1 Å². The minimum absolute atomic E-state index is 0.00573. The Labute approximate surface area is 146 Å². The number of thioether (sulfide) groups is 1. The molecule has 0 bridgehead atoms. The SMILES string of the molecule is Cc1ccc([C@H](C)NC(=O)CSc2nc3ccccc3[nH]2)cc1C. The first-order valence-electron chi connectivity index (χ1n) is 7.97. The Morgan fingerprint density at radius 3 is 2.75 bits per heavy atom. The maximum absolute atomic E-state index is 12.2. The molecule has 0 radical (unpaired) electrons. The zero-order chi connectivity index (χ0) is 17.1. The molecule has 3 rings (SSSR count). The van der Waals surface area contributed by atoms with Crippen molar-refractivity contribution in [3.05, 3.63) is 59.2 Å². The summed E-state index contributed by atoms with van der Waals surface area (Å²) < 4.78 is 0. The Kier molecular flexibility index (Phi) is 4.90. The second-order valence-electron chi connectivity index (χ2n) is 5.98. The van der Waals surface area contributed by atoms with Gasteiger partial charge in [0, 0.05) is 0 Å². The number of nitrogens with one attached hydrogen (secondary N) is 2. The van der Waals surface area contributed by atoms with Crippen molar-refractivity contribution in [1.29, 1.82) is 0 Å². The third kappa shape index (κ3) is 3.79. The van der Waals surface area contributed by atoms with Crippen molar-refractivity contribution in [2.45, 2.75) is 32.0 Å². The smallest absolute Gasteiger partial charge is 0.230 e. The van der Waals surface area contributed by atoms with Crippen molar-refractivity contribution in [3.8, 4) is 0 Å². The molecule has 3 aromatic rings. The Morgan fingerprint density at radius 2 is 2.00 bits per heavy atom. The summed E-state index contributed by atoms with van der Waals surface area (Å²) in [5.41, 5.74) is 5.54. The van der Waals surface area contributed by atoms with E-state index in [9.17, 15) is 4.79 Å². The summed E-state index contributed by atoms with van der Waals surface area (Å²) in [4.78, 5) is 19.9. The minimum atomic E-state index is -0.00641. The number of aromatic amines is 1. The molecule has 0 spiro atoms. The van der Waals surface area contributed by atoms with Crippen LogP contribution < -0.4 is 5.32 Å². The molecule has 4 nitrogen and oxygen atoms in total. The number of nitrogens with zero attached hydrogens (tertiary/aromatic N) is 1. The van der Waals surface area contributed by atoms with Gasteiger partial charge in [-0.25, -0.2) is 4.98 Å². The van der Waals surface area contributed by atoms with Gasteiger partial charge in [0.25, 0.3) is 0 Å². The van der Waals surface area contributed by atoms with E-state index in [1.807, 2.05) is 31.2 Å². The van der Waals surface area contributed by atoms with E-state index in [4.69, 9.17) is 0 Å². The summed E-state index contributed by atoms with van der Waals surface area (Å²) in [6.07, 6.45) is 0. The number of para-hydroxylation sites is 2. The molecular weight excluding hydrogens is 318 g/mol. The Balaban J connectivity index is 1.57. The van der Waals surface area contributed by atoms with E-state index >= 15 is 0 Å². The molecule has 124 valence electrons. The van der Waals surface area contributed by atoms with Crippen molar-refractivity contribution in [2.75, 3.05) is 5.75 Å². The number of hydrogen-bond acceptors (Lipinski definition) is 3. The summed E-state index contributed by atoms with van der Waals surface area (Å²) in [6.45, 7) is 6.19. The first-order chi connectivity index (χ1) is 11.5. The molecule has 0 aliphatic carbocycles. The Bertz CT molecular complexity index is 839. The number of fused-ring (bicyclic) bond motifs is 1. The zero-order valence-electron chi connectivity index (χ0n) is 14.1. The van der Waals surface area contributed by atoms with E-state index in [0.29, 0.717) is 5.75 Å². The minimum Gasteiger partial charge on any atom is -0.349 e. The van der Waals surface area contributed by atoms with Crippen LogP contribution in [0.4, 0.5) is 0 Å². The van der Waals surface area contributed by atoms with Crippen LogP contribution in [0.2, 0.25) is 0 Å². The molecule has 1 atom stereocenters. The molecule has 0 saturated carbocycles. The summed E-state index contributed by atoms with van der Waals surface area (Å²) in [6, 6.07) is 14.1. The van der Waals surface area contributed by atoms with Gasteiger partial charge in [-0.05, 0) is 49.6 Å². The molecule has 0 unspecified atom stereocenters. The highest BCUT2D eigenvalue weighted by Crippen LogP contribution is 2.20. The third-order valence-electron chi connectivity index (χ3n) is 4.12. The lowest BCUT2D eigenvalue weighted by atomic mass is 10.0. The van der Waals surface area contributed by atoms with Gasteiger partial charge in [0.15, 0.2) is 5.16 Å². The number of hydrogen-bond donors (Lipinski definition) is 2. The van der Waals surface area contributed by atoms with Crippen LogP contribution in [0.1, 0.15) is 29.7 Å². The van der Waals surface area contributed by atoms with Crippen LogP contribution in [0.15, 0.2) is 47.6 Å². The topological polar surface area (TPSA) is 57.8 Å². The van der Waals surface area contributed by atoms with E-state index in [-0.39, 0.29) is 11.9 Å². The number of H-pyrrole nitrogens is 1. The molecule has 2 N–H and O–H groups in total. The van der Waals surface area contributed by atoms with Crippen molar-refractivity contribution >= 4 is 28.7 Å². The number of aryl methyl sites for hydroxylation is 2. The first-order valence-corrected chi connectivity index (χ1v) is 8.95. The fourth-order valence-electron chi connectivity index (χ4n) is 2.53. The summed E-state index contributed by atoms with van der Waals surface area (Å²) >= 11 is 1.42. The number of rotatable bonds is 5. The lowest BCUT2D eigenvalue weighted by Crippen LogP contribution is -2.28. The molecule has 0 fully saturated rings. The van der Waals surface area contributed by atoms with Crippen molar-refractivity contribution in [2.24, 2.45) is 0 Å². The van der Waals surface area contributed by atoms with Gasteiger partial charge in [-0.2, -0.15) is 0 Å². The summed E-state index contributed by atoms with van der Waals surface area (Å²) in [5, 5.41) is 3.81. The standard InChI is InChI=1S/C19H21N3OS/c1-12-8-9-15(10-13(12)2)14(3)20-18(23)11-24-19-21-16-6-4-5-7-17(16)22-19/h4-10,14H,11H2,1-3H3,(H,20,23)(H,21,22)/t14-/m0/s1. The van der Waals surface area contributed by atoms with Gasteiger partial charge in [-0.15, -0.1) is 0 Å². The third-order valence-corrected chi connectivity index (χ3v) is 4.99. The lowest BCUT2D eigenvalue weighted by molar-refractivity contribution is -0.119. The van der Waals surface area contributed by atoms with E-state index in [1.54, 1.807) is 0 Å². The Morgan fingerprint density at radius 1 is 1.21 bits per heavy atom. The molecule has 0 aliphatic rings. The van der Waals surface area contributed by atoms with Gasteiger partial charge < -0.3 is 10.3 Å². The molecule has 5 heteroatoms. The van der Waals surface area contributed by atoms with Crippen LogP contribution in [0, 0.1) is 13.8 Å². The van der Waals surface area contributed by atoms with Gasteiger partial charge in [-0.3, -0.25) is 4.79 Å². The van der Waals surface area contributed by atoms with Crippen molar-refractivity contribution < 1.29 is 4.79 Å². The predicted octanol–water partition coefficient (Wildman–Crippen LogP) is 4.15. The maximum atomic E-state index is 12.2. The predicted molar refractivity (Wildman–Crippen MR) is 99.3 cm³/mol. The monoisotopic (exact) mass is 339 g/mol. The molecule has 0 saturated heterocycles. The number of aromatic nitrogens is 2. The average Bonchev–Trinajstić information content (AvgIpc) is 2.98. The fourth-order valence-corrected chi connectivity index (χ4v) is 3.23. The summed E-state index contributed by atoms with van der Waals surface area (Å²) in [5.74, 6) is 0.348. The van der Waals surface area contributed by atoms with E-state index < -0.39 is 0 Å². The molecular formula is C19H21N3OS. The van der Waals surface area contributed by atoms with Crippen LogP contribution in [0.3, 0.4) is 0 Å². The normalized spacial score (nSPS) is 12.3. The largest absolute Gasteiger partial charge is 0.349 e. The molecule has 1 heterocycles. The van der Waals surface area contributed by atoms with E-state index in [1.165, 1.54) is 22.9 Å². The molecule has 24 heavy (non-hydrogen) atoms. The lowest BCUT2D eigenvalue weighted by Gasteiger charge is -2.15. The van der Waals surface area contributed by atoms with E-state index in [2.05, 4.69) is 47.3 Å². The van der Waals surface area contributed by atoms with Gasteiger partial charge >= 0.3 is 0 Å².